The first kappa shape index (κ1) is 22.3. The Morgan fingerprint density at radius 1 is 1.18 bits per heavy atom. The van der Waals surface area contributed by atoms with Crippen molar-refractivity contribution >= 4 is 34.8 Å². The second-order valence-corrected chi connectivity index (χ2v) is 7.47. The lowest BCUT2D eigenvalue weighted by molar-refractivity contribution is -0.119. The van der Waals surface area contributed by atoms with Gasteiger partial charge in [-0.1, -0.05) is 44.7 Å². The molecule has 2 amide bonds. The predicted molar refractivity (Wildman–Crippen MR) is 115 cm³/mol. The van der Waals surface area contributed by atoms with Gasteiger partial charge in [0.1, 0.15) is 0 Å². The number of unbranched alkanes of at least 4 members (excludes halogenated alkanes) is 4. The lowest BCUT2D eigenvalue weighted by Crippen LogP contribution is -2.35. The molecule has 6 nitrogen and oxygen atoms in total. The zero-order valence-corrected chi connectivity index (χ0v) is 17.4. The van der Waals surface area contributed by atoms with Crippen molar-refractivity contribution in [2.45, 2.75) is 64.4 Å². The molecule has 0 radical (unpaired) electrons. The first-order valence-corrected chi connectivity index (χ1v) is 10.6. The van der Waals surface area contributed by atoms with Crippen LogP contribution in [0.2, 0.25) is 0 Å². The van der Waals surface area contributed by atoms with E-state index in [0.717, 1.165) is 38.7 Å². The third-order valence-electron chi connectivity index (χ3n) is 4.69. The Morgan fingerprint density at radius 2 is 1.96 bits per heavy atom. The van der Waals surface area contributed by atoms with E-state index in [4.69, 9.17) is 17.0 Å². The van der Waals surface area contributed by atoms with E-state index in [0.29, 0.717) is 24.2 Å². The molecule has 0 aliphatic carbocycles. The highest BCUT2D eigenvalue weighted by molar-refractivity contribution is 7.80. The average molecular weight is 406 g/mol. The third kappa shape index (κ3) is 7.94. The summed E-state index contributed by atoms with van der Waals surface area (Å²) in [6.45, 7) is 3.41. The zero-order chi connectivity index (χ0) is 20.2. The summed E-state index contributed by atoms with van der Waals surface area (Å²) in [6, 6.07) is 7.11. The van der Waals surface area contributed by atoms with E-state index < -0.39 is 0 Å². The van der Waals surface area contributed by atoms with Crippen molar-refractivity contribution in [2.24, 2.45) is 0 Å². The molecule has 1 aromatic rings. The Morgan fingerprint density at radius 3 is 2.71 bits per heavy atom. The van der Waals surface area contributed by atoms with E-state index in [2.05, 4.69) is 22.9 Å². The molecule has 28 heavy (non-hydrogen) atoms. The van der Waals surface area contributed by atoms with Crippen molar-refractivity contribution in [3.05, 3.63) is 29.8 Å². The Labute approximate surface area is 172 Å². The number of amides is 2. The fourth-order valence-electron chi connectivity index (χ4n) is 3.13. The minimum atomic E-state index is -0.191. The van der Waals surface area contributed by atoms with Crippen molar-refractivity contribution in [3.8, 4) is 0 Å². The van der Waals surface area contributed by atoms with Crippen LogP contribution in [0.25, 0.3) is 0 Å². The minimum absolute atomic E-state index is 0.0850. The molecule has 1 aromatic carbocycles. The highest BCUT2D eigenvalue weighted by atomic mass is 32.1. The molecule has 0 saturated carbocycles. The Bertz CT molecular complexity index is 660. The number of hydrogen-bond acceptors (Lipinski definition) is 4. The van der Waals surface area contributed by atoms with Gasteiger partial charge in [0.25, 0.3) is 5.91 Å². The maximum Gasteiger partial charge on any atom is 0.253 e. The molecule has 0 bridgehead atoms. The largest absolute Gasteiger partial charge is 0.376 e. The quantitative estimate of drug-likeness (QED) is 0.408. The van der Waals surface area contributed by atoms with Crippen molar-refractivity contribution < 1.29 is 14.3 Å². The lowest BCUT2D eigenvalue weighted by atomic mass is 10.1. The molecule has 1 saturated heterocycles. The molecule has 1 aliphatic rings. The number of anilines is 1. The molecule has 1 fully saturated rings. The minimum Gasteiger partial charge on any atom is -0.376 e. The van der Waals surface area contributed by atoms with Crippen LogP contribution in [0, 0.1) is 0 Å². The van der Waals surface area contributed by atoms with Gasteiger partial charge in [-0.15, -0.1) is 0 Å². The number of hydrogen-bond donors (Lipinski definition) is 3. The summed E-state index contributed by atoms with van der Waals surface area (Å²) in [7, 11) is 0. The number of nitrogens with one attached hydrogen (secondary N) is 3. The van der Waals surface area contributed by atoms with Gasteiger partial charge in [-0.3, -0.25) is 9.59 Å². The molecule has 0 spiro atoms. The molecule has 1 heterocycles. The topological polar surface area (TPSA) is 79.5 Å². The Balaban J connectivity index is 1.80. The first-order chi connectivity index (χ1) is 13.6. The van der Waals surface area contributed by atoms with Crippen LogP contribution in [0.4, 0.5) is 5.69 Å². The van der Waals surface area contributed by atoms with E-state index in [9.17, 15) is 9.59 Å². The molecule has 1 aliphatic heterocycles. The van der Waals surface area contributed by atoms with E-state index in [1.165, 1.54) is 12.8 Å². The van der Waals surface area contributed by atoms with Crippen molar-refractivity contribution in [1.29, 1.82) is 0 Å². The van der Waals surface area contributed by atoms with E-state index in [1.54, 1.807) is 18.2 Å². The van der Waals surface area contributed by atoms with Crippen molar-refractivity contribution in [1.82, 2.24) is 10.6 Å². The Hall–Kier alpha value is -1.99. The Kier molecular flexibility index (Phi) is 9.93. The summed E-state index contributed by atoms with van der Waals surface area (Å²) in [5.74, 6) is -0.294. The summed E-state index contributed by atoms with van der Waals surface area (Å²) >= 11 is 5.24. The summed E-state index contributed by atoms with van der Waals surface area (Å²) in [6.07, 6.45) is 7.98. The lowest BCUT2D eigenvalue weighted by Gasteiger charge is -2.15. The highest BCUT2D eigenvalue weighted by Gasteiger charge is 2.18. The number of para-hydroxylation sites is 1. The van der Waals surface area contributed by atoms with E-state index >= 15 is 0 Å². The third-order valence-corrected chi connectivity index (χ3v) is 4.90. The molecule has 2 rings (SSSR count). The van der Waals surface area contributed by atoms with Crippen LogP contribution < -0.4 is 16.0 Å². The second-order valence-electron chi connectivity index (χ2n) is 7.06. The van der Waals surface area contributed by atoms with Gasteiger partial charge in [0.2, 0.25) is 5.91 Å². The molecule has 154 valence electrons. The summed E-state index contributed by atoms with van der Waals surface area (Å²) in [4.78, 5) is 24.5. The van der Waals surface area contributed by atoms with E-state index in [1.807, 2.05) is 6.07 Å². The fourth-order valence-corrected chi connectivity index (χ4v) is 3.35. The number of ether oxygens (including phenoxy) is 1. The van der Waals surface area contributed by atoms with Gasteiger partial charge in [-0.05, 0) is 43.6 Å². The molecule has 1 atom stereocenters. The molecular formula is C21H31N3O3S. The van der Waals surface area contributed by atoms with Gasteiger partial charge in [0.05, 0.1) is 17.4 Å². The standard InChI is InChI=1S/C21H31N3O3S/c1-2-3-4-5-6-13-19(25)24-21(28)23-18-12-8-7-11-17(18)20(26)22-15-16-10-9-14-27-16/h7-8,11-12,16H,2-6,9-10,13-15H2,1H3,(H,22,26)(H2,23,24,25,28). The number of rotatable bonds is 10. The number of benzene rings is 1. The first-order valence-electron chi connectivity index (χ1n) is 10.2. The fraction of sp³-hybridized carbons (Fsp3) is 0.571. The van der Waals surface area contributed by atoms with Crippen LogP contribution in [-0.2, 0) is 9.53 Å². The van der Waals surface area contributed by atoms with Crippen molar-refractivity contribution in [3.63, 3.8) is 0 Å². The normalized spacial score (nSPS) is 15.8. The predicted octanol–water partition coefficient (Wildman–Crippen LogP) is 3.77. The maximum absolute atomic E-state index is 12.5. The average Bonchev–Trinajstić information content (AvgIpc) is 3.20. The van der Waals surface area contributed by atoms with Gasteiger partial charge >= 0.3 is 0 Å². The van der Waals surface area contributed by atoms with Crippen LogP contribution in [0.3, 0.4) is 0 Å². The van der Waals surface area contributed by atoms with Crippen LogP contribution in [0.15, 0.2) is 24.3 Å². The van der Waals surface area contributed by atoms with Gasteiger partial charge < -0.3 is 20.7 Å². The molecular weight excluding hydrogens is 374 g/mol. The maximum atomic E-state index is 12.5. The number of thiocarbonyl (C=S) groups is 1. The molecule has 7 heteroatoms. The van der Waals surface area contributed by atoms with Crippen LogP contribution in [-0.4, -0.2) is 36.2 Å². The van der Waals surface area contributed by atoms with Gasteiger partial charge in [0, 0.05) is 19.6 Å². The summed E-state index contributed by atoms with van der Waals surface area (Å²) in [5, 5.41) is 8.77. The number of carbonyl (C=O) groups is 2. The SMILES string of the molecule is CCCCCCCC(=O)NC(=S)Nc1ccccc1C(=O)NCC1CCCO1. The summed E-state index contributed by atoms with van der Waals surface area (Å²) < 4.78 is 5.53. The summed E-state index contributed by atoms with van der Waals surface area (Å²) in [5.41, 5.74) is 1.05. The van der Waals surface area contributed by atoms with Gasteiger partial charge in [-0.25, -0.2) is 0 Å². The second kappa shape index (κ2) is 12.5. The molecule has 0 aromatic heterocycles. The van der Waals surface area contributed by atoms with Gasteiger partial charge in [-0.2, -0.15) is 0 Å². The highest BCUT2D eigenvalue weighted by Crippen LogP contribution is 2.16. The number of carbonyl (C=O) groups excluding carboxylic acids is 2. The van der Waals surface area contributed by atoms with E-state index in [-0.39, 0.29) is 23.0 Å². The van der Waals surface area contributed by atoms with Crippen LogP contribution in [0.5, 0.6) is 0 Å². The van der Waals surface area contributed by atoms with Crippen molar-refractivity contribution in [2.75, 3.05) is 18.5 Å². The zero-order valence-electron chi connectivity index (χ0n) is 16.6. The monoisotopic (exact) mass is 405 g/mol. The molecule has 1 unspecified atom stereocenters. The molecule has 3 N–H and O–H groups in total. The van der Waals surface area contributed by atoms with Crippen LogP contribution in [0.1, 0.15) is 68.6 Å². The smallest absolute Gasteiger partial charge is 0.253 e. The van der Waals surface area contributed by atoms with Crippen LogP contribution >= 0.6 is 12.2 Å². The van der Waals surface area contributed by atoms with Gasteiger partial charge in [0.15, 0.2) is 5.11 Å².